The summed E-state index contributed by atoms with van der Waals surface area (Å²) in [5.41, 5.74) is 3.66. The molecule has 3 aromatic carbocycles. The average Bonchev–Trinajstić information content (AvgIpc) is 3.24. The summed E-state index contributed by atoms with van der Waals surface area (Å²) in [6.45, 7) is 0.796. The van der Waals surface area contributed by atoms with E-state index >= 15 is 0 Å². The predicted molar refractivity (Wildman–Crippen MR) is 155 cm³/mol. The zero-order valence-corrected chi connectivity index (χ0v) is 23.4. The minimum absolute atomic E-state index is 0.181. The normalized spacial score (nSPS) is 15.2. The van der Waals surface area contributed by atoms with E-state index in [1.54, 1.807) is 31.3 Å². The van der Waals surface area contributed by atoms with Crippen molar-refractivity contribution < 1.29 is 18.0 Å². The number of fused-ring (bicyclic) bond motifs is 1. The number of amides is 2. The molecule has 1 aliphatic heterocycles. The van der Waals surface area contributed by atoms with Crippen molar-refractivity contribution in [1.82, 2.24) is 9.80 Å². The van der Waals surface area contributed by atoms with E-state index in [0.29, 0.717) is 30.2 Å². The molecule has 2 amide bonds. The van der Waals surface area contributed by atoms with E-state index in [2.05, 4.69) is 5.32 Å². The third-order valence-electron chi connectivity index (χ3n) is 6.49. The molecular formula is C29H33N5O4S. The summed E-state index contributed by atoms with van der Waals surface area (Å²) >= 11 is 0. The first-order valence-electron chi connectivity index (χ1n) is 12.5. The van der Waals surface area contributed by atoms with Gasteiger partial charge in [0.25, 0.3) is 0 Å². The third kappa shape index (κ3) is 6.71. The van der Waals surface area contributed by atoms with Gasteiger partial charge in [-0.15, -0.1) is 0 Å². The maximum Gasteiger partial charge on any atom is 0.243 e. The summed E-state index contributed by atoms with van der Waals surface area (Å²) < 4.78 is 26.6. The second-order valence-corrected chi connectivity index (χ2v) is 11.7. The van der Waals surface area contributed by atoms with E-state index in [4.69, 9.17) is 4.99 Å². The lowest BCUT2D eigenvalue weighted by Gasteiger charge is -2.26. The summed E-state index contributed by atoms with van der Waals surface area (Å²) in [5.74, 6) is -1.13. The minimum Gasteiger partial charge on any atom is -0.343 e. The molecule has 0 saturated carbocycles. The van der Waals surface area contributed by atoms with E-state index in [1.807, 2.05) is 73.6 Å². The zero-order chi connectivity index (χ0) is 28.2. The van der Waals surface area contributed by atoms with Gasteiger partial charge in [-0.05, 0) is 49.5 Å². The number of para-hydroxylation sites is 1. The maximum atomic E-state index is 13.1. The number of hydrogen-bond acceptors (Lipinski definition) is 6. The predicted octanol–water partition coefficient (Wildman–Crippen LogP) is 3.33. The first-order valence-corrected chi connectivity index (χ1v) is 14.4. The van der Waals surface area contributed by atoms with Crippen LogP contribution in [-0.2, 0) is 19.6 Å². The number of nitrogens with one attached hydrogen (secondary N) is 1. The minimum atomic E-state index is -3.78. The summed E-state index contributed by atoms with van der Waals surface area (Å²) in [7, 11) is 1.69. The lowest BCUT2D eigenvalue weighted by Crippen LogP contribution is -2.43. The molecule has 0 fully saturated rings. The molecular weight excluding hydrogens is 514 g/mol. The molecule has 4 rings (SSSR count). The van der Waals surface area contributed by atoms with Crippen LogP contribution in [0.5, 0.6) is 0 Å². The van der Waals surface area contributed by atoms with Crippen molar-refractivity contribution >= 4 is 44.6 Å². The number of anilines is 2. The SMILES string of the molecule is CN(C)CCN(C)C(=O)CN(c1cccc(N=C(c2ccccc2)C2C(=O)Nc3ccccc32)c1)S(C)(=O)=O. The number of rotatable bonds is 10. The van der Waals surface area contributed by atoms with Gasteiger partial charge in [0, 0.05) is 25.8 Å². The van der Waals surface area contributed by atoms with Gasteiger partial charge in [-0.2, -0.15) is 0 Å². The second kappa shape index (κ2) is 11.8. The molecule has 1 aliphatic rings. The van der Waals surface area contributed by atoms with Crippen molar-refractivity contribution in [3.8, 4) is 0 Å². The van der Waals surface area contributed by atoms with Gasteiger partial charge in [-0.25, -0.2) is 8.42 Å². The fourth-order valence-corrected chi connectivity index (χ4v) is 5.20. The van der Waals surface area contributed by atoms with Gasteiger partial charge in [0.15, 0.2) is 0 Å². The Hall–Kier alpha value is -4.02. The van der Waals surface area contributed by atoms with E-state index in [9.17, 15) is 18.0 Å². The Labute approximate surface area is 229 Å². The lowest BCUT2D eigenvalue weighted by atomic mass is 9.90. The van der Waals surface area contributed by atoms with Gasteiger partial charge in [0.1, 0.15) is 12.5 Å². The van der Waals surface area contributed by atoms with E-state index in [0.717, 1.165) is 27.4 Å². The molecule has 39 heavy (non-hydrogen) atoms. The first-order chi connectivity index (χ1) is 18.5. The molecule has 1 atom stereocenters. The standard InChI is InChI=1S/C29H33N5O4S/c1-32(2)17-18-33(3)26(35)20-34(39(4,37)38)23-14-10-13-22(19-23)30-28(21-11-6-5-7-12-21)27-24-15-8-9-16-25(24)31-29(27)36/h5-16,19,27H,17-18,20H2,1-4H3,(H,31,36). The quantitative estimate of drug-likeness (QED) is 0.393. The van der Waals surface area contributed by atoms with Crippen LogP contribution in [0.15, 0.2) is 83.9 Å². The highest BCUT2D eigenvalue weighted by atomic mass is 32.2. The van der Waals surface area contributed by atoms with E-state index < -0.39 is 15.9 Å². The van der Waals surface area contributed by atoms with Crippen LogP contribution >= 0.6 is 0 Å². The lowest BCUT2D eigenvalue weighted by molar-refractivity contribution is -0.128. The van der Waals surface area contributed by atoms with Crippen molar-refractivity contribution in [2.75, 3.05) is 56.7 Å². The number of likely N-dealkylation sites (N-methyl/N-ethyl adjacent to an activating group) is 2. The van der Waals surface area contributed by atoms with Crippen molar-refractivity contribution in [2.24, 2.45) is 4.99 Å². The molecule has 1 N–H and O–H groups in total. The van der Waals surface area contributed by atoms with Crippen molar-refractivity contribution in [3.05, 3.63) is 90.0 Å². The van der Waals surface area contributed by atoms with Gasteiger partial charge in [0.2, 0.25) is 21.8 Å². The molecule has 0 saturated heterocycles. The highest BCUT2D eigenvalue weighted by Gasteiger charge is 2.35. The Balaban J connectivity index is 1.72. The number of nitrogens with zero attached hydrogens (tertiary/aromatic N) is 4. The number of aliphatic imine (C=N–C) groups is 1. The number of sulfonamides is 1. The van der Waals surface area contributed by atoms with Crippen molar-refractivity contribution in [3.63, 3.8) is 0 Å². The molecule has 3 aromatic rings. The number of hydrogen-bond donors (Lipinski definition) is 1. The Bertz CT molecular complexity index is 1490. The third-order valence-corrected chi connectivity index (χ3v) is 7.63. The van der Waals surface area contributed by atoms with Crippen LogP contribution in [0.4, 0.5) is 17.1 Å². The summed E-state index contributed by atoms with van der Waals surface area (Å²) in [4.78, 5) is 34.3. The van der Waals surface area contributed by atoms with Crippen LogP contribution in [0.1, 0.15) is 17.0 Å². The van der Waals surface area contributed by atoms with Crippen LogP contribution in [0.3, 0.4) is 0 Å². The fraction of sp³-hybridized carbons (Fsp3) is 0.276. The second-order valence-electron chi connectivity index (χ2n) is 9.78. The van der Waals surface area contributed by atoms with Crippen LogP contribution in [0.2, 0.25) is 0 Å². The Morgan fingerprint density at radius 1 is 0.923 bits per heavy atom. The Morgan fingerprint density at radius 2 is 1.62 bits per heavy atom. The van der Waals surface area contributed by atoms with Crippen molar-refractivity contribution in [2.45, 2.75) is 5.92 Å². The molecule has 0 radical (unpaired) electrons. The number of benzene rings is 3. The molecule has 9 nitrogen and oxygen atoms in total. The molecule has 0 spiro atoms. The molecule has 0 aliphatic carbocycles. The Morgan fingerprint density at radius 3 is 2.31 bits per heavy atom. The van der Waals surface area contributed by atoms with Gasteiger partial charge < -0.3 is 15.1 Å². The highest BCUT2D eigenvalue weighted by molar-refractivity contribution is 7.92. The monoisotopic (exact) mass is 547 g/mol. The average molecular weight is 548 g/mol. The van der Waals surface area contributed by atoms with Crippen LogP contribution < -0.4 is 9.62 Å². The summed E-state index contributed by atoms with van der Waals surface area (Å²) in [6.07, 6.45) is 1.07. The van der Waals surface area contributed by atoms with Crippen molar-refractivity contribution in [1.29, 1.82) is 0 Å². The maximum absolute atomic E-state index is 13.1. The molecule has 0 aromatic heterocycles. The van der Waals surface area contributed by atoms with Crippen LogP contribution in [-0.4, -0.2) is 82.8 Å². The zero-order valence-electron chi connectivity index (χ0n) is 22.5. The summed E-state index contributed by atoms with van der Waals surface area (Å²) in [6, 6.07) is 23.6. The van der Waals surface area contributed by atoms with E-state index in [-0.39, 0.29) is 18.4 Å². The van der Waals surface area contributed by atoms with E-state index in [1.165, 1.54) is 4.90 Å². The number of carbonyl (C=O) groups is 2. The Kier molecular flexibility index (Phi) is 8.47. The van der Waals surface area contributed by atoms with Gasteiger partial charge >= 0.3 is 0 Å². The molecule has 1 unspecified atom stereocenters. The van der Waals surface area contributed by atoms with Crippen LogP contribution in [0, 0.1) is 0 Å². The molecule has 1 heterocycles. The fourth-order valence-electron chi connectivity index (χ4n) is 4.36. The highest BCUT2D eigenvalue weighted by Crippen LogP contribution is 2.36. The molecule has 204 valence electrons. The van der Waals surface area contributed by atoms with Gasteiger partial charge in [-0.3, -0.25) is 18.9 Å². The largest absolute Gasteiger partial charge is 0.343 e. The topological polar surface area (TPSA) is 102 Å². The van der Waals surface area contributed by atoms with Gasteiger partial charge in [0.05, 0.1) is 23.3 Å². The molecule has 0 bridgehead atoms. The number of carbonyl (C=O) groups excluding carboxylic acids is 2. The first kappa shape index (κ1) is 28.0. The summed E-state index contributed by atoms with van der Waals surface area (Å²) in [5, 5.41) is 2.93. The van der Waals surface area contributed by atoms with Crippen LogP contribution in [0.25, 0.3) is 0 Å². The van der Waals surface area contributed by atoms with Gasteiger partial charge in [-0.1, -0.05) is 54.6 Å². The smallest absolute Gasteiger partial charge is 0.243 e. The molecule has 10 heteroatoms.